The predicted octanol–water partition coefficient (Wildman–Crippen LogP) is 1.19. The van der Waals surface area contributed by atoms with Gasteiger partial charge in [-0.2, -0.15) is 4.57 Å². The molecule has 0 aliphatic rings. The van der Waals surface area contributed by atoms with Crippen LogP contribution in [0.3, 0.4) is 0 Å². The molecule has 0 saturated heterocycles. The van der Waals surface area contributed by atoms with Crippen molar-refractivity contribution in [2.75, 3.05) is 14.1 Å². The molecule has 1 rings (SSSR count). The quantitative estimate of drug-likeness (QED) is 0.651. The first-order valence-corrected chi connectivity index (χ1v) is 4.79. The summed E-state index contributed by atoms with van der Waals surface area (Å²) >= 11 is 0. The smallest absolute Gasteiger partial charge is 0.403 e. The van der Waals surface area contributed by atoms with Gasteiger partial charge in [0.1, 0.15) is 7.05 Å². The highest BCUT2D eigenvalue weighted by atomic mass is 16.6. The van der Waals surface area contributed by atoms with Crippen LogP contribution >= 0.6 is 0 Å². The zero-order valence-corrected chi connectivity index (χ0v) is 9.87. The summed E-state index contributed by atoms with van der Waals surface area (Å²) in [4.78, 5) is 12.8. The molecular weight excluding hydrogens is 192 g/mol. The summed E-state index contributed by atoms with van der Waals surface area (Å²) in [7, 11) is 5.26. The molecule has 0 bridgehead atoms. The van der Waals surface area contributed by atoms with Gasteiger partial charge in [0.25, 0.3) is 0 Å². The summed E-state index contributed by atoms with van der Waals surface area (Å²) in [6, 6.07) is 3.73. The standard InChI is InChI=1S/C11H17N2O2/c1-8-6-7-10(9(2)13(8)5)15-11(14)12(3)4/h6-7H,1-5H3/q+1. The van der Waals surface area contributed by atoms with E-state index in [-0.39, 0.29) is 6.09 Å². The number of carbonyl (C=O) groups excluding carboxylic acids is 1. The van der Waals surface area contributed by atoms with Gasteiger partial charge >= 0.3 is 6.09 Å². The molecule has 0 atom stereocenters. The number of aromatic nitrogens is 1. The molecule has 1 heterocycles. The van der Waals surface area contributed by atoms with Gasteiger partial charge in [0.2, 0.25) is 5.69 Å². The van der Waals surface area contributed by atoms with Gasteiger partial charge in [-0.15, -0.1) is 0 Å². The molecule has 1 amide bonds. The van der Waals surface area contributed by atoms with Crippen LogP contribution in [0.2, 0.25) is 0 Å². The van der Waals surface area contributed by atoms with E-state index >= 15 is 0 Å². The molecule has 0 fully saturated rings. The maximum Gasteiger partial charge on any atom is 0.414 e. The van der Waals surface area contributed by atoms with Gasteiger partial charge in [-0.25, -0.2) is 4.79 Å². The van der Waals surface area contributed by atoms with Crippen LogP contribution in [0.4, 0.5) is 4.79 Å². The predicted molar refractivity (Wildman–Crippen MR) is 56.8 cm³/mol. The van der Waals surface area contributed by atoms with Gasteiger partial charge in [-0.3, -0.25) is 0 Å². The van der Waals surface area contributed by atoms with Crippen molar-refractivity contribution in [3.05, 3.63) is 23.5 Å². The monoisotopic (exact) mass is 209 g/mol. The third-order valence-electron chi connectivity index (χ3n) is 2.43. The van der Waals surface area contributed by atoms with Crippen LogP contribution in [0.25, 0.3) is 0 Å². The van der Waals surface area contributed by atoms with E-state index in [1.54, 1.807) is 14.1 Å². The van der Waals surface area contributed by atoms with E-state index in [0.29, 0.717) is 5.75 Å². The Morgan fingerprint density at radius 2 is 1.93 bits per heavy atom. The minimum Gasteiger partial charge on any atom is -0.403 e. The van der Waals surface area contributed by atoms with Crippen molar-refractivity contribution in [2.45, 2.75) is 13.8 Å². The molecule has 0 N–H and O–H groups in total. The molecule has 0 aliphatic carbocycles. The van der Waals surface area contributed by atoms with Crippen LogP contribution in [0.1, 0.15) is 11.4 Å². The number of ether oxygens (including phenoxy) is 1. The van der Waals surface area contributed by atoms with E-state index in [1.165, 1.54) is 4.90 Å². The minimum atomic E-state index is -0.359. The fraction of sp³-hybridized carbons (Fsp3) is 0.455. The fourth-order valence-corrected chi connectivity index (χ4v) is 1.15. The van der Waals surface area contributed by atoms with Gasteiger partial charge in [0, 0.05) is 34.0 Å². The van der Waals surface area contributed by atoms with Crippen molar-refractivity contribution in [2.24, 2.45) is 7.05 Å². The zero-order chi connectivity index (χ0) is 11.6. The Morgan fingerprint density at radius 1 is 1.33 bits per heavy atom. The number of carbonyl (C=O) groups is 1. The Balaban J connectivity index is 2.97. The maximum atomic E-state index is 11.4. The van der Waals surface area contributed by atoms with E-state index in [0.717, 1.165) is 11.4 Å². The molecule has 0 spiro atoms. The summed E-state index contributed by atoms with van der Waals surface area (Å²) in [5.74, 6) is 0.599. The van der Waals surface area contributed by atoms with Crippen molar-refractivity contribution in [3.8, 4) is 5.75 Å². The van der Waals surface area contributed by atoms with Crippen LogP contribution in [-0.4, -0.2) is 25.1 Å². The summed E-state index contributed by atoms with van der Waals surface area (Å²) in [6.45, 7) is 3.93. The van der Waals surface area contributed by atoms with Crippen molar-refractivity contribution in [1.29, 1.82) is 0 Å². The number of hydrogen-bond donors (Lipinski definition) is 0. The molecular formula is C11H17N2O2+. The summed E-state index contributed by atoms with van der Waals surface area (Å²) in [6.07, 6.45) is -0.359. The molecule has 0 aromatic carbocycles. The van der Waals surface area contributed by atoms with Crippen LogP contribution in [0, 0.1) is 13.8 Å². The van der Waals surface area contributed by atoms with Crippen molar-refractivity contribution < 1.29 is 14.1 Å². The highest BCUT2D eigenvalue weighted by Gasteiger charge is 2.15. The number of nitrogens with zero attached hydrogens (tertiary/aromatic N) is 2. The average molecular weight is 209 g/mol. The molecule has 82 valence electrons. The third kappa shape index (κ3) is 2.46. The van der Waals surface area contributed by atoms with E-state index in [9.17, 15) is 4.79 Å². The number of aryl methyl sites for hydroxylation is 1. The molecule has 0 aliphatic heterocycles. The number of hydrogen-bond acceptors (Lipinski definition) is 2. The number of amides is 1. The molecule has 4 heteroatoms. The summed E-state index contributed by atoms with van der Waals surface area (Å²) in [5, 5.41) is 0. The van der Waals surface area contributed by atoms with Crippen LogP contribution < -0.4 is 9.30 Å². The van der Waals surface area contributed by atoms with Gasteiger partial charge in [0.05, 0.1) is 0 Å². The van der Waals surface area contributed by atoms with E-state index in [2.05, 4.69) is 0 Å². The zero-order valence-electron chi connectivity index (χ0n) is 9.87. The molecule has 15 heavy (non-hydrogen) atoms. The lowest BCUT2D eigenvalue weighted by atomic mass is 10.3. The van der Waals surface area contributed by atoms with Gasteiger partial charge in [0.15, 0.2) is 11.4 Å². The summed E-state index contributed by atoms with van der Waals surface area (Å²) < 4.78 is 7.19. The molecule has 4 nitrogen and oxygen atoms in total. The van der Waals surface area contributed by atoms with Gasteiger partial charge in [-0.1, -0.05) is 0 Å². The van der Waals surface area contributed by atoms with Crippen molar-refractivity contribution >= 4 is 6.09 Å². The Hall–Kier alpha value is -1.58. The highest BCUT2D eigenvalue weighted by Crippen LogP contribution is 2.14. The minimum absolute atomic E-state index is 0.359. The van der Waals surface area contributed by atoms with Gasteiger partial charge < -0.3 is 9.64 Å². The normalized spacial score (nSPS) is 9.93. The fourth-order valence-electron chi connectivity index (χ4n) is 1.15. The lowest BCUT2D eigenvalue weighted by Gasteiger charge is -2.11. The van der Waals surface area contributed by atoms with Crippen molar-refractivity contribution in [1.82, 2.24) is 4.90 Å². The first kappa shape index (κ1) is 11.5. The Bertz CT molecular complexity index is 386. The molecule has 0 unspecified atom stereocenters. The molecule has 0 radical (unpaired) electrons. The SMILES string of the molecule is Cc1ccc(OC(=O)N(C)C)c(C)[n+]1C. The first-order valence-electron chi connectivity index (χ1n) is 4.79. The Labute approximate surface area is 90.1 Å². The van der Waals surface area contributed by atoms with Crippen LogP contribution in [-0.2, 0) is 7.05 Å². The number of rotatable bonds is 1. The second kappa shape index (κ2) is 4.29. The third-order valence-corrected chi connectivity index (χ3v) is 2.43. The van der Waals surface area contributed by atoms with E-state index in [1.807, 2.05) is 37.6 Å². The van der Waals surface area contributed by atoms with E-state index in [4.69, 9.17) is 4.74 Å². The largest absolute Gasteiger partial charge is 0.414 e. The molecule has 0 saturated carbocycles. The average Bonchev–Trinajstić information content (AvgIpc) is 2.18. The van der Waals surface area contributed by atoms with E-state index < -0.39 is 0 Å². The second-order valence-electron chi connectivity index (χ2n) is 3.75. The Morgan fingerprint density at radius 3 is 2.47 bits per heavy atom. The lowest BCUT2D eigenvalue weighted by Crippen LogP contribution is -2.36. The topological polar surface area (TPSA) is 33.4 Å². The first-order chi connectivity index (χ1) is 6.93. The van der Waals surface area contributed by atoms with Gasteiger partial charge in [-0.05, 0) is 6.07 Å². The molecule has 1 aromatic rings. The number of pyridine rings is 1. The van der Waals surface area contributed by atoms with Crippen LogP contribution in [0.15, 0.2) is 12.1 Å². The summed E-state index contributed by atoms with van der Waals surface area (Å²) in [5.41, 5.74) is 2.06. The highest BCUT2D eigenvalue weighted by molar-refractivity contribution is 5.70. The van der Waals surface area contributed by atoms with Crippen molar-refractivity contribution in [3.63, 3.8) is 0 Å². The Kier molecular flexibility index (Phi) is 3.29. The lowest BCUT2D eigenvalue weighted by molar-refractivity contribution is -0.684. The second-order valence-corrected chi connectivity index (χ2v) is 3.75. The molecule has 1 aromatic heterocycles. The maximum absolute atomic E-state index is 11.4. The van der Waals surface area contributed by atoms with Crippen LogP contribution in [0.5, 0.6) is 5.75 Å².